The van der Waals surface area contributed by atoms with Crippen LogP contribution in [0.1, 0.15) is 12.0 Å². The van der Waals surface area contributed by atoms with Crippen LogP contribution in [0.5, 0.6) is 11.5 Å². The minimum Gasteiger partial charge on any atom is -0.457 e. The molecule has 0 spiro atoms. The zero-order chi connectivity index (χ0) is 26.5. The summed E-state index contributed by atoms with van der Waals surface area (Å²) in [5, 5.41) is 7.60. The second kappa shape index (κ2) is 11.4. The topological polar surface area (TPSA) is 89.4 Å². The van der Waals surface area contributed by atoms with Gasteiger partial charge in [-0.25, -0.2) is 14.1 Å². The van der Waals surface area contributed by atoms with Crippen LogP contribution in [0.15, 0.2) is 85.5 Å². The first-order valence-electron chi connectivity index (χ1n) is 12.1. The average molecular weight is 534 g/mol. The van der Waals surface area contributed by atoms with Gasteiger partial charge in [0.15, 0.2) is 0 Å². The molecule has 194 valence electrons. The lowest BCUT2D eigenvalue weighted by atomic mass is 9.96. The Balaban J connectivity index is 1.27. The van der Waals surface area contributed by atoms with Crippen LogP contribution in [0, 0.1) is 11.7 Å². The molecule has 0 radical (unpaired) electrons. The van der Waals surface area contributed by atoms with E-state index in [1.165, 1.54) is 41.6 Å². The van der Waals surface area contributed by atoms with Crippen LogP contribution in [0.2, 0.25) is 5.02 Å². The predicted octanol–water partition coefficient (Wildman–Crippen LogP) is 4.96. The third-order valence-corrected chi connectivity index (χ3v) is 6.59. The van der Waals surface area contributed by atoms with E-state index in [0.29, 0.717) is 41.6 Å². The molecule has 1 aliphatic rings. The summed E-state index contributed by atoms with van der Waals surface area (Å²) >= 11 is 6.15. The highest BCUT2D eigenvalue weighted by atomic mass is 35.5. The molecule has 4 aromatic rings. The molecule has 1 saturated heterocycles. The Hall–Kier alpha value is -4.24. The molecule has 38 heavy (non-hydrogen) atoms. The molecule has 0 bridgehead atoms. The summed E-state index contributed by atoms with van der Waals surface area (Å²) < 4.78 is 20.3. The van der Waals surface area contributed by atoms with Gasteiger partial charge in [-0.1, -0.05) is 23.7 Å². The van der Waals surface area contributed by atoms with Crippen LogP contribution < -0.4 is 10.1 Å². The zero-order valence-corrected chi connectivity index (χ0v) is 21.1. The molecule has 5 rings (SSSR count). The summed E-state index contributed by atoms with van der Waals surface area (Å²) in [5.74, 6) is 0.328. The summed E-state index contributed by atoms with van der Waals surface area (Å²) in [6.07, 6.45) is 4.06. The Morgan fingerprint density at radius 1 is 1.05 bits per heavy atom. The van der Waals surface area contributed by atoms with Gasteiger partial charge in [0.05, 0.1) is 0 Å². The predicted molar refractivity (Wildman–Crippen MR) is 140 cm³/mol. The Bertz CT molecular complexity index is 1400. The summed E-state index contributed by atoms with van der Waals surface area (Å²) in [6.45, 7) is 0.450. The van der Waals surface area contributed by atoms with E-state index < -0.39 is 6.04 Å². The quantitative estimate of drug-likeness (QED) is 0.346. The third kappa shape index (κ3) is 6.36. The van der Waals surface area contributed by atoms with Gasteiger partial charge in [0.1, 0.15) is 42.6 Å². The first-order valence-corrected chi connectivity index (χ1v) is 12.5. The molecule has 1 aliphatic heterocycles. The molecule has 10 heteroatoms. The van der Waals surface area contributed by atoms with Crippen LogP contribution in [0.25, 0.3) is 0 Å². The average Bonchev–Trinajstić information content (AvgIpc) is 3.57. The highest BCUT2D eigenvalue weighted by molar-refractivity contribution is 6.30. The van der Waals surface area contributed by atoms with Gasteiger partial charge in [0.25, 0.3) is 0 Å². The Morgan fingerprint density at radius 2 is 1.79 bits per heavy atom. The summed E-state index contributed by atoms with van der Waals surface area (Å²) in [5.41, 5.74) is 1.63. The van der Waals surface area contributed by atoms with Crippen molar-refractivity contribution in [3.8, 4) is 11.5 Å². The number of anilines is 1. The normalized spacial score (nSPS) is 16.8. The van der Waals surface area contributed by atoms with Gasteiger partial charge in [0.2, 0.25) is 11.8 Å². The van der Waals surface area contributed by atoms with E-state index in [4.69, 9.17) is 16.3 Å². The van der Waals surface area contributed by atoms with Crippen LogP contribution in [0.3, 0.4) is 0 Å². The number of ether oxygens (including phenoxy) is 1. The van der Waals surface area contributed by atoms with Gasteiger partial charge in [-0.05, 0) is 85.0 Å². The molecule has 1 fully saturated rings. The van der Waals surface area contributed by atoms with E-state index in [1.54, 1.807) is 29.2 Å². The molecule has 2 amide bonds. The first-order chi connectivity index (χ1) is 18.4. The van der Waals surface area contributed by atoms with Crippen molar-refractivity contribution in [1.29, 1.82) is 0 Å². The van der Waals surface area contributed by atoms with Gasteiger partial charge in [-0.15, -0.1) is 0 Å². The number of rotatable bonds is 8. The largest absolute Gasteiger partial charge is 0.457 e. The monoisotopic (exact) mass is 533 g/mol. The number of halogens is 2. The van der Waals surface area contributed by atoms with E-state index in [9.17, 15) is 14.0 Å². The highest BCUT2D eigenvalue weighted by Gasteiger charge is 2.39. The first kappa shape index (κ1) is 25.4. The molecule has 3 aromatic carbocycles. The number of nitrogens with zero attached hydrogens (tertiary/aromatic N) is 4. The van der Waals surface area contributed by atoms with Gasteiger partial charge < -0.3 is 15.0 Å². The summed E-state index contributed by atoms with van der Waals surface area (Å²) in [6, 6.07) is 19.6. The molecule has 2 heterocycles. The summed E-state index contributed by atoms with van der Waals surface area (Å²) in [7, 11) is 0. The number of likely N-dealkylation sites (tertiary alicyclic amines) is 1. The van der Waals surface area contributed by atoms with E-state index >= 15 is 0 Å². The number of hydrogen-bond donors (Lipinski definition) is 1. The number of nitrogens with one attached hydrogen (secondary N) is 1. The SMILES string of the molecule is O=C(Nc1ccc(Oc2ccc(F)cc2)cc1)[C@@H]1CC(Cc2cccc(Cl)c2)CN1C(=O)Cn1cncn1. The van der Waals surface area contributed by atoms with Crippen molar-refractivity contribution in [3.05, 3.63) is 102 Å². The molecule has 1 unspecified atom stereocenters. The number of carbonyl (C=O) groups is 2. The molecule has 0 saturated carbocycles. The van der Waals surface area contributed by atoms with Crippen molar-refractivity contribution in [3.63, 3.8) is 0 Å². The Kier molecular flexibility index (Phi) is 7.65. The van der Waals surface area contributed by atoms with E-state index in [2.05, 4.69) is 15.4 Å². The number of carbonyl (C=O) groups excluding carboxylic acids is 2. The maximum absolute atomic E-state index is 13.4. The van der Waals surface area contributed by atoms with Crippen molar-refractivity contribution in [2.24, 2.45) is 5.92 Å². The maximum Gasteiger partial charge on any atom is 0.247 e. The second-order valence-electron chi connectivity index (χ2n) is 9.16. The molecule has 2 atom stereocenters. The second-order valence-corrected chi connectivity index (χ2v) is 9.60. The summed E-state index contributed by atoms with van der Waals surface area (Å²) in [4.78, 5) is 32.0. The minimum atomic E-state index is -0.634. The van der Waals surface area contributed by atoms with Gasteiger partial charge >= 0.3 is 0 Å². The maximum atomic E-state index is 13.4. The van der Waals surface area contributed by atoms with Crippen LogP contribution in [0.4, 0.5) is 10.1 Å². The van der Waals surface area contributed by atoms with E-state index in [-0.39, 0.29) is 30.1 Å². The minimum absolute atomic E-state index is 0.00306. The van der Waals surface area contributed by atoms with E-state index in [0.717, 1.165) is 5.56 Å². The van der Waals surface area contributed by atoms with Gasteiger partial charge in [-0.3, -0.25) is 9.59 Å². The number of aromatic nitrogens is 3. The highest BCUT2D eigenvalue weighted by Crippen LogP contribution is 2.29. The van der Waals surface area contributed by atoms with Crippen LogP contribution >= 0.6 is 11.6 Å². The number of benzene rings is 3. The number of hydrogen-bond acceptors (Lipinski definition) is 5. The fraction of sp³-hybridized carbons (Fsp3) is 0.214. The fourth-order valence-corrected chi connectivity index (χ4v) is 4.82. The lowest BCUT2D eigenvalue weighted by Crippen LogP contribution is -2.44. The van der Waals surface area contributed by atoms with Crippen molar-refractivity contribution < 1.29 is 18.7 Å². The zero-order valence-electron chi connectivity index (χ0n) is 20.3. The molecular formula is C28H25ClFN5O3. The molecular weight excluding hydrogens is 509 g/mol. The fourth-order valence-electron chi connectivity index (χ4n) is 4.61. The van der Waals surface area contributed by atoms with E-state index in [1.807, 2.05) is 24.3 Å². The Labute approximate surface area is 224 Å². The molecule has 1 aromatic heterocycles. The van der Waals surface area contributed by atoms with Crippen molar-refractivity contribution in [2.45, 2.75) is 25.4 Å². The smallest absolute Gasteiger partial charge is 0.247 e. The van der Waals surface area contributed by atoms with Crippen molar-refractivity contribution in [2.75, 3.05) is 11.9 Å². The van der Waals surface area contributed by atoms with Crippen molar-refractivity contribution in [1.82, 2.24) is 19.7 Å². The van der Waals surface area contributed by atoms with Crippen LogP contribution in [-0.4, -0.2) is 44.1 Å². The van der Waals surface area contributed by atoms with Crippen molar-refractivity contribution >= 4 is 29.1 Å². The standard InChI is InChI=1S/C28H25ClFN5O3/c29-21-3-1-2-19(13-21)12-20-14-26(35(15-20)27(36)16-34-18-31-17-32-34)28(37)33-23-6-10-25(11-7-23)38-24-8-4-22(30)5-9-24/h1-11,13,17-18,20,26H,12,14-16H2,(H,33,37)/t20?,26-/m0/s1. The van der Waals surface area contributed by atoms with Crippen LogP contribution in [-0.2, 0) is 22.6 Å². The molecule has 0 aliphatic carbocycles. The third-order valence-electron chi connectivity index (χ3n) is 6.36. The van der Waals surface area contributed by atoms with Gasteiger partial charge in [-0.2, -0.15) is 5.10 Å². The number of amides is 2. The lowest BCUT2D eigenvalue weighted by Gasteiger charge is -2.24. The Morgan fingerprint density at radius 3 is 2.47 bits per heavy atom. The lowest BCUT2D eigenvalue weighted by molar-refractivity contribution is -0.137. The molecule has 1 N–H and O–H groups in total. The van der Waals surface area contributed by atoms with Gasteiger partial charge in [0, 0.05) is 17.3 Å². The molecule has 8 nitrogen and oxygen atoms in total.